The van der Waals surface area contributed by atoms with Crippen LogP contribution in [0.5, 0.6) is 0 Å². The summed E-state index contributed by atoms with van der Waals surface area (Å²) in [5.41, 5.74) is 0. The van der Waals surface area contributed by atoms with E-state index in [0.29, 0.717) is 12.1 Å². The number of thioether (sulfide) groups is 1. The van der Waals surface area contributed by atoms with Crippen molar-refractivity contribution >= 4 is 11.8 Å². The maximum absolute atomic E-state index is 9.78. The van der Waals surface area contributed by atoms with Crippen LogP contribution < -0.4 is 0 Å². The van der Waals surface area contributed by atoms with Gasteiger partial charge >= 0.3 is 0 Å². The summed E-state index contributed by atoms with van der Waals surface area (Å²) in [4.78, 5) is 4.00. The third-order valence-electron chi connectivity index (χ3n) is 4.22. The van der Waals surface area contributed by atoms with Crippen LogP contribution in [0.4, 0.5) is 0 Å². The molecule has 2 nitrogen and oxygen atoms in total. The van der Waals surface area contributed by atoms with E-state index in [1.807, 2.05) is 11.8 Å². The van der Waals surface area contributed by atoms with E-state index >= 15 is 0 Å². The minimum atomic E-state index is -0.0412. The van der Waals surface area contributed by atoms with E-state index in [2.05, 4.69) is 35.2 Å². The Morgan fingerprint density at radius 3 is 2.44 bits per heavy atom. The van der Waals surface area contributed by atoms with Gasteiger partial charge in [-0.15, -0.1) is 11.8 Å². The van der Waals surface area contributed by atoms with E-state index in [1.54, 1.807) is 0 Å². The second-order valence-corrected chi connectivity index (χ2v) is 6.58. The van der Waals surface area contributed by atoms with Crippen LogP contribution in [0.3, 0.4) is 0 Å². The zero-order chi connectivity index (χ0) is 12.4. The first-order valence-corrected chi connectivity index (χ1v) is 7.93. The third-order valence-corrected chi connectivity index (χ3v) is 5.21. The van der Waals surface area contributed by atoms with E-state index in [1.165, 1.54) is 24.3 Å². The number of rotatable bonds is 4. The molecule has 0 saturated carbocycles. The van der Waals surface area contributed by atoms with Crippen molar-refractivity contribution < 1.29 is 5.11 Å². The zero-order valence-electron chi connectivity index (χ0n) is 10.7. The topological polar surface area (TPSA) is 23.5 Å². The Morgan fingerprint density at radius 2 is 1.78 bits per heavy atom. The van der Waals surface area contributed by atoms with E-state index in [9.17, 15) is 5.11 Å². The van der Waals surface area contributed by atoms with Crippen molar-refractivity contribution in [3.05, 3.63) is 30.3 Å². The van der Waals surface area contributed by atoms with Crippen molar-refractivity contribution in [3.63, 3.8) is 0 Å². The first-order valence-electron chi connectivity index (χ1n) is 6.94. The van der Waals surface area contributed by atoms with E-state index in [4.69, 9.17) is 0 Å². The summed E-state index contributed by atoms with van der Waals surface area (Å²) in [5, 5.41) is 9.78. The van der Waals surface area contributed by atoms with Crippen molar-refractivity contribution in [1.29, 1.82) is 0 Å². The Morgan fingerprint density at radius 1 is 1.11 bits per heavy atom. The number of hydrogen-bond acceptors (Lipinski definition) is 3. The third kappa shape index (κ3) is 2.73. The molecule has 2 heterocycles. The molecule has 3 rings (SSSR count). The molecule has 1 N–H and O–H groups in total. The molecule has 2 unspecified atom stereocenters. The van der Waals surface area contributed by atoms with Crippen LogP contribution in [0.15, 0.2) is 35.2 Å². The van der Waals surface area contributed by atoms with Crippen molar-refractivity contribution in [2.75, 3.05) is 12.3 Å². The summed E-state index contributed by atoms with van der Waals surface area (Å²) in [6, 6.07) is 11.9. The second-order valence-electron chi connectivity index (χ2n) is 5.41. The molecule has 2 aliphatic heterocycles. The van der Waals surface area contributed by atoms with Gasteiger partial charge in [-0.2, -0.15) is 0 Å². The van der Waals surface area contributed by atoms with Gasteiger partial charge in [0.1, 0.15) is 0 Å². The lowest BCUT2D eigenvalue weighted by molar-refractivity contribution is 0.0393. The molecule has 2 saturated heterocycles. The molecule has 0 aliphatic carbocycles. The molecule has 18 heavy (non-hydrogen) atoms. The summed E-state index contributed by atoms with van der Waals surface area (Å²) >= 11 is 1.94. The number of hydrogen-bond donors (Lipinski definition) is 1. The van der Waals surface area contributed by atoms with Crippen LogP contribution in [-0.2, 0) is 0 Å². The smallest absolute Gasteiger partial charge is 0.0570 e. The van der Waals surface area contributed by atoms with Crippen LogP contribution in [0.2, 0.25) is 0 Å². The quantitative estimate of drug-likeness (QED) is 0.845. The predicted octanol–water partition coefficient (Wildman–Crippen LogP) is 2.77. The van der Waals surface area contributed by atoms with Crippen LogP contribution in [0.1, 0.15) is 25.7 Å². The highest BCUT2D eigenvalue weighted by molar-refractivity contribution is 7.99. The van der Waals surface area contributed by atoms with Gasteiger partial charge in [-0.05, 0) is 37.8 Å². The number of nitrogens with zero attached hydrogens (tertiary/aromatic N) is 1. The number of piperidine rings is 1. The lowest BCUT2D eigenvalue weighted by atomic mass is 10.0. The number of aliphatic hydroxyl groups is 1. The summed E-state index contributed by atoms with van der Waals surface area (Å²) in [6.07, 6.45) is 4.52. The van der Waals surface area contributed by atoms with Crippen molar-refractivity contribution in [3.8, 4) is 0 Å². The average molecular weight is 263 g/mol. The van der Waals surface area contributed by atoms with Gasteiger partial charge in [0, 0.05) is 29.3 Å². The highest BCUT2D eigenvalue weighted by Gasteiger charge is 2.39. The Balaban J connectivity index is 1.49. The normalized spacial score (nSPS) is 31.7. The Bertz CT molecular complexity index is 369. The minimum Gasteiger partial charge on any atom is -0.393 e. The molecule has 1 aromatic rings. The number of fused-ring (bicyclic) bond motifs is 2. The molecule has 3 heteroatoms. The Kier molecular flexibility index (Phi) is 3.92. The molecule has 0 aromatic heterocycles. The van der Waals surface area contributed by atoms with E-state index in [0.717, 1.165) is 18.6 Å². The van der Waals surface area contributed by atoms with Crippen LogP contribution in [-0.4, -0.2) is 40.5 Å². The predicted molar refractivity (Wildman–Crippen MR) is 75.9 cm³/mol. The maximum Gasteiger partial charge on any atom is 0.0570 e. The van der Waals surface area contributed by atoms with Crippen molar-refractivity contribution in [1.82, 2.24) is 4.90 Å². The van der Waals surface area contributed by atoms with Crippen LogP contribution in [0.25, 0.3) is 0 Å². The van der Waals surface area contributed by atoms with Crippen molar-refractivity contribution in [2.24, 2.45) is 0 Å². The molecule has 2 fully saturated rings. The largest absolute Gasteiger partial charge is 0.393 e. The Hall–Kier alpha value is -0.510. The molecular formula is C15H21NOS. The second kappa shape index (κ2) is 5.64. The highest BCUT2D eigenvalue weighted by atomic mass is 32.2. The van der Waals surface area contributed by atoms with Crippen LogP contribution in [0, 0.1) is 0 Å². The van der Waals surface area contributed by atoms with Gasteiger partial charge < -0.3 is 5.11 Å². The standard InChI is InChI=1S/C15H21NOS/c17-14-10-12-6-7-13(11-14)16(12)8-9-18-15-4-2-1-3-5-15/h1-5,12-14,17H,6-11H2. The lowest BCUT2D eigenvalue weighted by Crippen LogP contribution is -2.45. The van der Waals surface area contributed by atoms with Gasteiger partial charge in [-0.25, -0.2) is 0 Å². The van der Waals surface area contributed by atoms with Gasteiger partial charge in [-0.1, -0.05) is 18.2 Å². The van der Waals surface area contributed by atoms with Gasteiger partial charge in [0.25, 0.3) is 0 Å². The molecular weight excluding hydrogens is 242 g/mol. The van der Waals surface area contributed by atoms with E-state index < -0.39 is 0 Å². The first kappa shape index (κ1) is 12.5. The molecule has 98 valence electrons. The fraction of sp³-hybridized carbons (Fsp3) is 0.600. The molecule has 2 bridgehead atoms. The summed E-state index contributed by atoms with van der Waals surface area (Å²) < 4.78 is 0. The van der Waals surface area contributed by atoms with Gasteiger partial charge in [0.05, 0.1) is 6.10 Å². The molecule has 2 aliphatic rings. The number of aliphatic hydroxyl groups excluding tert-OH is 1. The first-order chi connectivity index (χ1) is 8.83. The molecule has 2 atom stereocenters. The number of benzene rings is 1. The average Bonchev–Trinajstić information content (AvgIpc) is 2.63. The summed E-state index contributed by atoms with van der Waals surface area (Å²) in [5.74, 6) is 1.16. The lowest BCUT2D eigenvalue weighted by Gasteiger charge is -2.37. The highest BCUT2D eigenvalue weighted by Crippen LogP contribution is 2.35. The molecule has 0 spiro atoms. The van der Waals surface area contributed by atoms with Gasteiger partial charge in [0.2, 0.25) is 0 Å². The fourth-order valence-corrected chi connectivity index (χ4v) is 4.28. The summed E-state index contributed by atoms with van der Waals surface area (Å²) in [7, 11) is 0. The van der Waals surface area contributed by atoms with Gasteiger partial charge in [-0.3, -0.25) is 4.90 Å². The minimum absolute atomic E-state index is 0.0412. The SMILES string of the molecule is OC1CC2CCC(C1)N2CCSc1ccccc1. The maximum atomic E-state index is 9.78. The zero-order valence-corrected chi connectivity index (χ0v) is 11.5. The summed E-state index contributed by atoms with van der Waals surface area (Å²) in [6.45, 7) is 1.17. The van der Waals surface area contributed by atoms with Crippen LogP contribution >= 0.6 is 11.8 Å². The molecule has 1 aromatic carbocycles. The molecule has 0 amide bonds. The fourth-order valence-electron chi connectivity index (χ4n) is 3.40. The van der Waals surface area contributed by atoms with Crippen molar-refractivity contribution in [2.45, 2.75) is 48.8 Å². The molecule has 0 radical (unpaired) electrons. The van der Waals surface area contributed by atoms with E-state index in [-0.39, 0.29) is 6.10 Å². The monoisotopic (exact) mass is 263 g/mol. The van der Waals surface area contributed by atoms with Gasteiger partial charge in [0.15, 0.2) is 0 Å². The Labute approximate surface area is 113 Å².